The highest BCUT2D eigenvalue weighted by atomic mass is 32.1. The van der Waals surface area contributed by atoms with Gasteiger partial charge in [-0.3, -0.25) is 0 Å². The van der Waals surface area contributed by atoms with Gasteiger partial charge in [0, 0.05) is 0 Å². The van der Waals surface area contributed by atoms with E-state index < -0.39 is 5.82 Å². The Morgan fingerprint density at radius 1 is 1.22 bits per heavy atom. The summed E-state index contributed by atoms with van der Waals surface area (Å²) in [5.41, 5.74) is -0.0761. The van der Waals surface area contributed by atoms with Crippen molar-refractivity contribution in [2.75, 3.05) is 0 Å². The van der Waals surface area contributed by atoms with E-state index in [1.807, 2.05) is 17.5 Å². The number of hydrogen-bond donors (Lipinski definition) is 1. The summed E-state index contributed by atoms with van der Waals surface area (Å²) in [7, 11) is 0. The quantitative estimate of drug-likeness (QED) is 0.769. The number of hydrogen-bond acceptors (Lipinski definition) is 5. The van der Waals surface area contributed by atoms with Gasteiger partial charge in [0.05, 0.1) is 4.88 Å². The Hall–Kier alpha value is -2.21. The van der Waals surface area contributed by atoms with Crippen LogP contribution in [0.15, 0.2) is 40.2 Å². The van der Waals surface area contributed by atoms with Crippen LogP contribution in [-0.2, 0) is 0 Å². The summed E-state index contributed by atoms with van der Waals surface area (Å²) in [4.78, 5) is 4.90. The number of thiophene rings is 1. The summed E-state index contributed by atoms with van der Waals surface area (Å²) in [5.74, 6) is -0.482. The third-order valence-corrected chi connectivity index (χ3v) is 3.24. The molecule has 3 rings (SSSR count). The number of phenolic OH excluding ortho intramolecular Hbond substituents is 1. The predicted octanol–water partition coefficient (Wildman–Crippen LogP) is 3.31. The SMILES string of the molecule is Oc1cccc(F)c1-c1nc(-c2cccs2)no1. The molecular weight excluding hydrogens is 255 g/mol. The van der Waals surface area contributed by atoms with Gasteiger partial charge in [-0.25, -0.2) is 4.39 Å². The molecule has 18 heavy (non-hydrogen) atoms. The molecule has 2 heterocycles. The van der Waals surface area contributed by atoms with Crippen molar-refractivity contribution < 1.29 is 14.0 Å². The predicted molar refractivity (Wildman–Crippen MR) is 64.7 cm³/mol. The summed E-state index contributed by atoms with van der Waals surface area (Å²) in [5, 5.41) is 15.3. The Labute approximate surface area is 105 Å². The van der Waals surface area contributed by atoms with Crippen LogP contribution in [0.2, 0.25) is 0 Å². The Morgan fingerprint density at radius 2 is 2.11 bits per heavy atom. The molecule has 0 fully saturated rings. The Bertz CT molecular complexity index is 659. The van der Waals surface area contributed by atoms with Crippen LogP contribution in [0, 0.1) is 5.82 Å². The zero-order valence-corrected chi connectivity index (χ0v) is 9.82. The van der Waals surface area contributed by atoms with Crippen LogP contribution < -0.4 is 0 Å². The lowest BCUT2D eigenvalue weighted by molar-refractivity contribution is 0.421. The van der Waals surface area contributed by atoms with Crippen LogP contribution in [0.25, 0.3) is 22.2 Å². The van der Waals surface area contributed by atoms with Crippen LogP contribution in [0.4, 0.5) is 4.39 Å². The van der Waals surface area contributed by atoms with Crippen molar-refractivity contribution >= 4 is 11.3 Å². The standard InChI is InChI=1S/C12H7FN2O2S/c13-7-3-1-4-8(16)10(7)12-14-11(15-17-12)9-5-2-6-18-9/h1-6,16H. The van der Waals surface area contributed by atoms with Crippen molar-refractivity contribution in [1.29, 1.82) is 0 Å². The maximum Gasteiger partial charge on any atom is 0.265 e. The second kappa shape index (κ2) is 4.23. The molecule has 0 amide bonds. The lowest BCUT2D eigenvalue weighted by Gasteiger charge is -1.99. The van der Waals surface area contributed by atoms with E-state index in [9.17, 15) is 9.50 Å². The van der Waals surface area contributed by atoms with E-state index in [1.165, 1.54) is 29.5 Å². The number of halogens is 1. The molecule has 0 radical (unpaired) electrons. The summed E-state index contributed by atoms with van der Waals surface area (Å²) in [6.45, 7) is 0. The molecule has 1 N–H and O–H groups in total. The van der Waals surface area contributed by atoms with Crippen molar-refractivity contribution in [1.82, 2.24) is 10.1 Å². The summed E-state index contributed by atoms with van der Waals surface area (Å²) >= 11 is 1.45. The monoisotopic (exact) mass is 262 g/mol. The average molecular weight is 262 g/mol. The third-order valence-electron chi connectivity index (χ3n) is 2.37. The van der Waals surface area contributed by atoms with Crippen molar-refractivity contribution in [2.24, 2.45) is 0 Å². The molecule has 0 unspecified atom stereocenters. The molecule has 0 aliphatic rings. The molecule has 0 atom stereocenters. The van der Waals surface area contributed by atoms with Gasteiger partial charge in [-0.15, -0.1) is 11.3 Å². The van der Waals surface area contributed by atoms with Crippen LogP contribution in [-0.4, -0.2) is 15.2 Å². The van der Waals surface area contributed by atoms with Crippen molar-refractivity contribution in [3.05, 3.63) is 41.5 Å². The molecule has 1 aromatic carbocycles. The molecule has 6 heteroatoms. The number of benzene rings is 1. The van der Waals surface area contributed by atoms with E-state index in [4.69, 9.17) is 4.52 Å². The minimum absolute atomic E-state index is 0.0333. The maximum atomic E-state index is 13.6. The average Bonchev–Trinajstić information content (AvgIpc) is 2.99. The summed E-state index contributed by atoms with van der Waals surface area (Å²) < 4.78 is 18.6. The number of nitrogens with zero attached hydrogens (tertiary/aromatic N) is 2. The molecule has 0 aliphatic carbocycles. The highest BCUT2D eigenvalue weighted by Gasteiger charge is 2.18. The topological polar surface area (TPSA) is 59.2 Å². The molecule has 0 bridgehead atoms. The van der Waals surface area contributed by atoms with E-state index in [0.717, 1.165) is 4.88 Å². The lowest BCUT2D eigenvalue weighted by atomic mass is 10.2. The molecule has 0 spiro atoms. The number of aromatic nitrogens is 2. The van der Waals surface area contributed by atoms with Gasteiger partial charge in [-0.05, 0) is 23.6 Å². The molecule has 0 saturated carbocycles. The van der Waals surface area contributed by atoms with Gasteiger partial charge in [0.25, 0.3) is 5.89 Å². The van der Waals surface area contributed by atoms with E-state index in [-0.39, 0.29) is 17.2 Å². The largest absolute Gasteiger partial charge is 0.507 e. The second-order valence-corrected chi connectivity index (χ2v) is 4.48. The minimum Gasteiger partial charge on any atom is -0.507 e. The molecule has 0 aliphatic heterocycles. The van der Waals surface area contributed by atoms with Gasteiger partial charge in [-0.2, -0.15) is 4.98 Å². The van der Waals surface area contributed by atoms with Gasteiger partial charge < -0.3 is 9.63 Å². The lowest BCUT2D eigenvalue weighted by Crippen LogP contribution is -1.85. The summed E-state index contributed by atoms with van der Waals surface area (Å²) in [6.07, 6.45) is 0. The van der Waals surface area contributed by atoms with E-state index in [0.29, 0.717) is 5.82 Å². The first kappa shape index (κ1) is 10.9. The molecule has 90 valence electrons. The molecule has 0 saturated heterocycles. The zero-order valence-electron chi connectivity index (χ0n) is 9.00. The van der Waals surface area contributed by atoms with Crippen molar-refractivity contribution in [3.8, 4) is 27.9 Å². The number of phenols is 1. The first-order valence-electron chi connectivity index (χ1n) is 5.11. The van der Waals surface area contributed by atoms with Gasteiger partial charge in [-0.1, -0.05) is 17.3 Å². The Morgan fingerprint density at radius 3 is 2.83 bits per heavy atom. The fraction of sp³-hybridized carbons (Fsp3) is 0. The molecule has 2 aromatic heterocycles. The fourth-order valence-electron chi connectivity index (χ4n) is 1.56. The first-order valence-corrected chi connectivity index (χ1v) is 5.99. The highest BCUT2D eigenvalue weighted by molar-refractivity contribution is 7.13. The van der Waals surface area contributed by atoms with Gasteiger partial charge in [0.2, 0.25) is 5.82 Å². The van der Waals surface area contributed by atoms with E-state index in [2.05, 4.69) is 10.1 Å². The van der Waals surface area contributed by atoms with Crippen molar-refractivity contribution in [2.45, 2.75) is 0 Å². The van der Waals surface area contributed by atoms with E-state index in [1.54, 1.807) is 0 Å². The summed E-state index contributed by atoms with van der Waals surface area (Å²) in [6, 6.07) is 7.69. The van der Waals surface area contributed by atoms with Crippen LogP contribution in [0.1, 0.15) is 0 Å². The smallest absolute Gasteiger partial charge is 0.265 e. The van der Waals surface area contributed by atoms with Crippen LogP contribution in [0.3, 0.4) is 0 Å². The number of aromatic hydroxyl groups is 1. The Kier molecular flexibility index (Phi) is 2.56. The third kappa shape index (κ3) is 1.76. The van der Waals surface area contributed by atoms with Crippen LogP contribution in [0.5, 0.6) is 5.75 Å². The van der Waals surface area contributed by atoms with Gasteiger partial charge in [0.15, 0.2) is 0 Å². The first-order chi connectivity index (χ1) is 8.75. The minimum atomic E-state index is -0.601. The zero-order chi connectivity index (χ0) is 12.5. The van der Waals surface area contributed by atoms with Crippen molar-refractivity contribution in [3.63, 3.8) is 0 Å². The number of rotatable bonds is 2. The van der Waals surface area contributed by atoms with Crippen LogP contribution >= 0.6 is 11.3 Å². The van der Waals surface area contributed by atoms with E-state index >= 15 is 0 Å². The molecule has 4 nitrogen and oxygen atoms in total. The maximum absolute atomic E-state index is 13.6. The second-order valence-electron chi connectivity index (χ2n) is 3.53. The molecule has 3 aromatic rings. The van der Waals surface area contributed by atoms with Gasteiger partial charge >= 0.3 is 0 Å². The van der Waals surface area contributed by atoms with Gasteiger partial charge in [0.1, 0.15) is 17.1 Å². The highest BCUT2D eigenvalue weighted by Crippen LogP contribution is 2.32. The Balaban J connectivity index is 2.09. The fourth-order valence-corrected chi connectivity index (χ4v) is 2.20. The normalized spacial score (nSPS) is 10.7. The molecular formula is C12H7FN2O2S.